The molecule has 0 aliphatic heterocycles. The van der Waals surface area contributed by atoms with Crippen molar-refractivity contribution in [3.63, 3.8) is 0 Å². The van der Waals surface area contributed by atoms with Crippen LogP contribution in [0.1, 0.15) is 0 Å². The lowest BCUT2D eigenvalue weighted by atomic mass is 9.94. The molecule has 12 aromatic rings. The van der Waals surface area contributed by atoms with Gasteiger partial charge in [0.2, 0.25) is 0 Å². The van der Waals surface area contributed by atoms with Crippen LogP contribution < -0.4 is 4.90 Å². The molecule has 0 atom stereocenters. The Balaban J connectivity index is 0.987. The number of furan rings is 1. The lowest BCUT2D eigenvalue weighted by molar-refractivity contribution is 0.669. The Morgan fingerprint density at radius 2 is 0.902 bits per heavy atom. The molecular weight excluding hydrogens is 759 g/mol. The number of hydrogen-bond acceptors (Lipinski definition) is 3. The average molecular weight is 796 g/mol. The maximum absolute atomic E-state index is 6.16. The van der Waals surface area contributed by atoms with Crippen molar-refractivity contribution in [1.29, 1.82) is 0 Å². The van der Waals surface area contributed by atoms with E-state index in [2.05, 4.69) is 217 Å². The molecule has 2 aromatic heterocycles. The Kier molecular flexibility index (Phi) is 8.39. The predicted molar refractivity (Wildman–Crippen MR) is 261 cm³/mol. The Morgan fingerprint density at radius 3 is 1.75 bits per heavy atom. The molecule has 0 unspecified atom stereocenters. The van der Waals surface area contributed by atoms with Crippen LogP contribution in [0.3, 0.4) is 0 Å². The first kappa shape index (κ1) is 35.2. The molecule has 0 N–H and O–H groups in total. The second kappa shape index (κ2) is 14.5. The lowest BCUT2D eigenvalue weighted by Gasteiger charge is -2.28. The van der Waals surface area contributed by atoms with Crippen LogP contribution in [0.15, 0.2) is 229 Å². The molecule has 0 saturated carbocycles. The molecule has 0 aliphatic carbocycles. The van der Waals surface area contributed by atoms with E-state index in [1.807, 2.05) is 23.5 Å². The van der Waals surface area contributed by atoms with Gasteiger partial charge in [-0.3, -0.25) is 0 Å². The number of anilines is 3. The van der Waals surface area contributed by atoms with Gasteiger partial charge in [0, 0.05) is 47.9 Å². The topological polar surface area (TPSA) is 16.4 Å². The highest BCUT2D eigenvalue weighted by Crippen LogP contribution is 2.45. The fourth-order valence-electron chi connectivity index (χ4n) is 9.19. The Morgan fingerprint density at radius 1 is 0.328 bits per heavy atom. The number of thiophene rings is 1. The molecule has 0 aliphatic rings. The van der Waals surface area contributed by atoms with Crippen LogP contribution in [0.25, 0.3) is 97.4 Å². The summed E-state index contributed by atoms with van der Waals surface area (Å²) in [6, 6.07) is 81.3. The first-order chi connectivity index (χ1) is 30.2. The molecule has 12 rings (SSSR count). The van der Waals surface area contributed by atoms with E-state index in [0.717, 1.165) is 61.3 Å². The van der Waals surface area contributed by atoms with Crippen molar-refractivity contribution in [2.45, 2.75) is 0 Å². The molecule has 2 heterocycles. The third kappa shape index (κ3) is 6.09. The van der Waals surface area contributed by atoms with Crippen LogP contribution in [0.4, 0.5) is 17.1 Å². The molecule has 10 aromatic carbocycles. The van der Waals surface area contributed by atoms with Gasteiger partial charge in [-0.15, -0.1) is 11.3 Å². The normalized spacial score (nSPS) is 11.6. The van der Waals surface area contributed by atoms with E-state index in [0.29, 0.717) is 0 Å². The minimum atomic E-state index is 0.903. The maximum Gasteiger partial charge on any atom is 0.135 e. The van der Waals surface area contributed by atoms with Gasteiger partial charge in [-0.2, -0.15) is 0 Å². The standard InChI is InChI=1S/C58H37NOS/c1-2-16-46-39(12-1)13-10-20-47(46)42-14-9-15-43(36-42)48-17-3-6-22-53(48)59(44-31-26-38(27-32-44)41-30-35-55-52(37-41)50-18-4-7-23-54(50)60-55)45-33-28-40(29-34-45)49-21-11-25-57-58(49)51-19-5-8-24-56(51)61-57/h1-37H. The first-order valence-electron chi connectivity index (χ1n) is 20.7. The van der Waals surface area contributed by atoms with Crippen LogP contribution in [-0.2, 0) is 0 Å². The molecule has 286 valence electrons. The summed E-state index contributed by atoms with van der Waals surface area (Å²) in [4.78, 5) is 2.40. The Bertz CT molecular complexity index is 3590. The van der Waals surface area contributed by atoms with Crippen molar-refractivity contribution in [2.24, 2.45) is 0 Å². The lowest BCUT2D eigenvalue weighted by Crippen LogP contribution is -2.11. The zero-order valence-electron chi connectivity index (χ0n) is 33.1. The van der Waals surface area contributed by atoms with Crippen molar-refractivity contribution in [3.8, 4) is 44.5 Å². The third-order valence-corrected chi connectivity index (χ3v) is 13.2. The Labute approximate surface area is 357 Å². The van der Waals surface area contributed by atoms with Crippen molar-refractivity contribution in [1.82, 2.24) is 0 Å². The zero-order chi connectivity index (χ0) is 40.3. The highest BCUT2D eigenvalue weighted by atomic mass is 32.1. The molecule has 61 heavy (non-hydrogen) atoms. The fraction of sp³-hybridized carbons (Fsp3) is 0. The van der Waals surface area contributed by atoms with E-state index in [-0.39, 0.29) is 0 Å². The predicted octanol–water partition coefficient (Wildman–Crippen LogP) is 17.2. The highest BCUT2D eigenvalue weighted by molar-refractivity contribution is 7.25. The Hall–Kier alpha value is -7.72. The number of fused-ring (bicyclic) bond motifs is 7. The summed E-state index contributed by atoms with van der Waals surface area (Å²) in [5.41, 5.74) is 14.6. The minimum Gasteiger partial charge on any atom is -0.456 e. The van der Waals surface area contributed by atoms with Gasteiger partial charge < -0.3 is 9.32 Å². The van der Waals surface area contributed by atoms with Gasteiger partial charge in [0.25, 0.3) is 0 Å². The summed E-state index contributed by atoms with van der Waals surface area (Å²) in [6.45, 7) is 0. The van der Waals surface area contributed by atoms with Crippen LogP contribution in [0.5, 0.6) is 0 Å². The average Bonchev–Trinajstić information content (AvgIpc) is 3.90. The van der Waals surface area contributed by atoms with Gasteiger partial charge in [-0.1, -0.05) is 158 Å². The number of para-hydroxylation sites is 2. The van der Waals surface area contributed by atoms with Crippen molar-refractivity contribution >= 4 is 81.3 Å². The van der Waals surface area contributed by atoms with Gasteiger partial charge >= 0.3 is 0 Å². The number of rotatable bonds is 7. The van der Waals surface area contributed by atoms with E-state index in [4.69, 9.17) is 4.42 Å². The van der Waals surface area contributed by atoms with Crippen molar-refractivity contribution in [3.05, 3.63) is 224 Å². The van der Waals surface area contributed by atoms with Crippen LogP contribution >= 0.6 is 11.3 Å². The van der Waals surface area contributed by atoms with Crippen molar-refractivity contribution < 1.29 is 4.42 Å². The van der Waals surface area contributed by atoms with Gasteiger partial charge in [0.1, 0.15) is 11.2 Å². The van der Waals surface area contributed by atoms with E-state index in [1.54, 1.807) is 0 Å². The van der Waals surface area contributed by atoms with E-state index in [1.165, 1.54) is 53.2 Å². The highest BCUT2D eigenvalue weighted by Gasteiger charge is 2.19. The summed E-state index contributed by atoms with van der Waals surface area (Å²) in [6.07, 6.45) is 0. The fourth-order valence-corrected chi connectivity index (χ4v) is 10.3. The number of nitrogens with zero attached hydrogens (tertiary/aromatic N) is 1. The maximum atomic E-state index is 6.16. The number of benzene rings is 10. The quantitative estimate of drug-likeness (QED) is 0.160. The largest absolute Gasteiger partial charge is 0.456 e. The van der Waals surface area contributed by atoms with Crippen LogP contribution in [-0.4, -0.2) is 0 Å². The monoisotopic (exact) mass is 795 g/mol. The molecule has 0 amide bonds. The third-order valence-electron chi connectivity index (χ3n) is 12.1. The molecule has 0 bridgehead atoms. The second-order valence-electron chi connectivity index (χ2n) is 15.6. The van der Waals surface area contributed by atoms with Crippen molar-refractivity contribution in [2.75, 3.05) is 4.90 Å². The first-order valence-corrected chi connectivity index (χ1v) is 21.6. The minimum absolute atomic E-state index is 0.903. The summed E-state index contributed by atoms with van der Waals surface area (Å²) < 4.78 is 8.78. The SMILES string of the molecule is c1cc(-c2ccccc2N(c2ccc(-c3ccc4oc5ccccc5c4c3)cc2)c2ccc(-c3cccc4sc5ccccc5c34)cc2)cc(-c2cccc3ccccc23)c1. The van der Waals surface area contributed by atoms with Gasteiger partial charge in [0.05, 0.1) is 5.69 Å². The number of hydrogen-bond donors (Lipinski definition) is 0. The van der Waals surface area contributed by atoms with Gasteiger partial charge in [-0.05, 0) is 116 Å². The van der Waals surface area contributed by atoms with E-state index in [9.17, 15) is 0 Å². The molecule has 0 fully saturated rings. The molecule has 0 spiro atoms. The van der Waals surface area contributed by atoms with E-state index >= 15 is 0 Å². The van der Waals surface area contributed by atoms with E-state index < -0.39 is 0 Å². The summed E-state index contributed by atoms with van der Waals surface area (Å²) >= 11 is 1.86. The molecular formula is C58H37NOS. The molecule has 0 radical (unpaired) electrons. The van der Waals surface area contributed by atoms with Crippen LogP contribution in [0.2, 0.25) is 0 Å². The van der Waals surface area contributed by atoms with Gasteiger partial charge in [0.15, 0.2) is 0 Å². The van der Waals surface area contributed by atoms with Crippen LogP contribution in [0, 0.1) is 0 Å². The smallest absolute Gasteiger partial charge is 0.135 e. The van der Waals surface area contributed by atoms with Gasteiger partial charge in [-0.25, -0.2) is 0 Å². The summed E-state index contributed by atoms with van der Waals surface area (Å²) in [5, 5.41) is 7.39. The molecule has 3 heteroatoms. The second-order valence-corrected chi connectivity index (χ2v) is 16.7. The molecule has 2 nitrogen and oxygen atoms in total. The summed E-state index contributed by atoms with van der Waals surface area (Å²) in [7, 11) is 0. The summed E-state index contributed by atoms with van der Waals surface area (Å²) in [5.74, 6) is 0. The zero-order valence-corrected chi connectivity index (χ0v) is 33.9. The molecule has 0 saturated heterocycles.